The Balaban J connectivity index is 2.08. The van der Waals surface area contributed by atoms with Gasteiger partial charge in [-0.1, -0.05) is 0 Å². The van der Waals surface area contributed by atoms with E-state index in [9.17, 15) is 18.7 Å². The van der Waals surface area contributed by atoms with Crippen molar-refractivity contribution in [1.82, 2.24) is 5.32 Å². The van der Waals surface area contributed by atoms with E-state index in [0.29, 0.717) is 12.8 Å². The number of carboxylic acids is 1. The lowest BCUT2D eigenvalue weighted by Crippen LogP contribution is -2.48. The molecule has 0 aromatic heterocycles. The molecule has 0 bridgehead atoms. The summed E-state index contributed by atoms with van der Waals surface area (Å²) in [4.78, 5) is 11.2. The first-order valence-corrected chi connectivity index (χ1v) is 6.01. The van der Waals surface area contributed by atoms with Crippen LogP contribution in [0.2, 0.25) is 0 Å². The first-order chi connectivity index (χ1) is 8.97. The SMILES string of the molecule is CNC1(C(=O)O)CCC(Oc2ccc(F)cc2F)C1. The molecule has 0 spiro atoms. The lowest BCUT2D eigenvalue weighted by Gasteiger charge is -2.23. The van der Waals surface area contributed by atoms with Crippen LogP contribution in [0.25, 0.3) is 0 Å². The quantitative estimate of drug-likeness (QED) is 0.878. The normalized spacial score (nSPS) is 26.4. The lowest BCUT2D eigenvalue weighted by atomic mass is 9.98. The molecule has 1 saturated carbocycles. The molecule has 1 aliphatic rings. The third-order valence-corrected chi connectivity index (χ3v) is 3.54. The summed E-state index contributed by atoms with van der Waals surface area (Å²) in [5, 5.41) is 12.0. The number of ether oxygens (including phenoxy) is 1. The molecule has 1 aromatic rings. The summed E-state index contributed by atoms with van der Waals surface area (Å²) < 4.78 is 31.6. The molecule has 0 saturated heterocycles. The largest absolute Gasteiger partial charge is 0.487 e. The van der Waals surface area contributed by atoms with E-state index < -0.39 is 29.2 Å². The van der Waals surface area contributed by atoms with Gasteiger partial charge in [-0.25, -0.2) is 8.78 Å². The van der Waals surface area contributed by atoms with Crippen LogP contribution >= 0.6 is 0 Å². The van der Waals surface area contributed by atoms with Crippen LogP contribution in [0.4, 0.5) is 8.78 Å². The second-order valence-electron chi connectivity index (χ2n) is 4.69. The number of benzene rings is 1. The van der Waals surface area contributed by atoms with Crippen molar-refractivity contribution in [2.45, 2.75) is 30.9 Å². The predicted molar refractivity (Wildman–Crippen MR) is 64.1 cm³/mol. The minimum Gasteiger partial charge on any atom is -0.487 e. The van der Waals surface area contributed by atoms with Crippen molar-refractivity contribution in [2.24, 2.45) is 0 Å². The number of carboxylic acid groups (broad SMARTS) is 1. The maximum Gasteiger partial charge on any atom is 0.324 e. The van der Waals surface area contributed by atoms with Crippen LogP contribution in [0.5, 0.6) is 5.75 Å². The minimum absolute atomic E-state index is 0.0521. The Morgan fingerprint density at radius 3 is 2.79 bits per heavy atom. The van der Waals surface area contributed by atoms with Gasteiger partial charge >= 0.3 is 5.97 Å². The summed E-state index contributed by atoms with van der Waals surface area (Å²) in [6.45, 7) is 0. The Morgan fingerprint density at radius 1 is 1.53 bits per heavy atom. The molecule has 0 aliphatic heterocycles. The fourth-order valence-corrected chi connectivity index (χ4v) is 2.38. The third-order valence-electron chi connectivity index (χ3n) is 3.54. The molecule has 2 atom stereocenters. The number of carbonyl (C=O) groups is 1. The van der Waals surface area contributed by atoms with Gasteiger partial charge in [0.2, 0.25) is 0 Å². The van der Waals surface area contributed by atoms with Gasteiger partial charge in [-0.2, -0.15) is 0 Å². The zero-order valence-electron chi connectivity index (χ0n) is 10.5. The van der Waals surface area contributed by atoms with Crippen molar-refractivity contribution >= 4 is 5.97 Å². The van der Waals surface area contributed by atoms with Crippen LogP contribution in [0.1, 0.15) is 19.3 Å². The van der Waals surface area contributed by atoms with E-state index in [1.807, 2.05) is 0 Å². The molecule has 0 radical (unpaired) electrons. The minimum atomic E-state index is -1.03. The van der Waals surface area contributed by atoms with Crippen molar-refractivity contribution in [3.8, 4) is 5.75 Å². The van der Waals surface area contributed by atoms with Gasteiger partial charge in [0, 0.05) is 12.5 Å². The lowest BCUT2D eigenvalue weighted by molar-refractivity contribution is -0.144. The molecule has 19 heavy (non-hydrogen) atoms. The number of hydrogen-bond acceptors (Lipinski definition) is 3. The number of halogens is 2. The summed E-state index contributed by atoms with van der Waals surface area (Å²) in [6, 6.07) is 3.06. The highest BCUT2D eigenvalue weighted by molar-refractivity contribution is 5.79. The molecule has 0 heterocycles. The zero-order chi connectivity index (χ0) is 14.0. The summed E-state index contributed by atoms with van der Waals surface area (Å²) in [5.41, 5.74) is -1.03. The fourth-order valence-electron chi connectivity index (χ4n) is 2.38. The van der Waals surface area contributed by atoms with Crippen LogP contribution in [0.3, 0.4) is 0 Å². The van der Waals surface area contributed by atoms with Gasteiger partial charge < -0.3 is 15.2 Å². The number of likely N-dealkylation sites (N-methyl/N-ethyl adjacent to an activating group) is 1. The average Bonchev–Trinajstić information content (AvgIpc) is 2.77. The van der Waals surface area contributed by atoms with Gasteiger partial charge in [0.15, 0.2) is 11.6 Å². The Kier molecular flexibility index (Phi) is 3.71. The second-order valence-corrected chi connectivity index (χ2v) is 4.69. The van der Waals surface area contributed by atoms with Crippen LogP contribution in [-0.4, -0.2) is 29.8 Å². The maximum atomic E-state index is 13.4. The van der Waals surface area contributed by atoms with Crippen molar-refractivity contribution in [3.63, 3.8) is 0 Å². The monoisotopic (exact) mass is 271 g/mol. The van der Waals surface area contributed by atoms with E-state index in [1.165, 1.54) is 6.07 Å². The number of rotatable bonds is 4. The first-order valence-electron chi connectivity index (χ1n) is 6.01. The molecule has 2 rings (SSSR count). The number of nitrogens with one attached hydrogen (secondary N) is 1. The van der Waals surface area contributed by atoms with E-state index in [1.54, 1.807) is 7.05 Å². The van der Waals surface area contributed by atoms with Crippen LogP contribution in [-0.2, 0) is 4.79 Å². The van der Waals surface area contributed by atoms with Gasteiger partial charge in [-0.15, -0.1) is 0 Å². The first kappa shape index (κ1) is 13.7. The highest BCUT2D eigenvalue weighted by Gasteiger charge is 2.45. The molecule has 4 nitrogen and oxygen atoms in total. The Labute approximate surface area is 109 Å². The molecule has 2 unspecified atom stereocenters. The van der Waals surface area contributed by atoms with E-state index in [2.05, 4.69) is 5.32 Å². The standard InChI is InChI=1S/C13H15F2NO3/c1-16-13(12(17)18)5-4-9(7-13)19-11-3-2-8(14)6-10(11)15/h2-3,6,9,16H,4-5,7H2,1H3,(H,17,18). The van der Waals surface area contributed by atoms with Crippen LogP contribution in [0, 0.1) is 11.6 Å². The molecule has 104 valence electrons. The summed E-state index contributed by atoms with van der Waals surface area (Å²) in [7, 11) is 1.58. The van der Waals surface area contributed by atoms with Gasteiger partial charge in [-0.3, -0.25) is 4.79 Å². The topological polar surface area (TPSA) is 58.6 Å². The molecular weight excluding hydrogens is 256 g/mol. The predicted octanol–water partition coefficient (Wildman–Crippen LogP) is 1.94. The van der Waals surface area contributed by atoms with Gasteiger partial charge in [0.1, 0.15) is 17.5 Å². The van der Waals surface area contributed by atoms with E-state index >= 15 is 0 Å². The van der Waals surface area contributed by atoms with E-state index in [0.717, 1.165) is 12.1 Å². The molecule has 6 heteroatoms. The second kappa shape index (κ2) is 5.13. The summed E-state index contributed by atoms with van der Waals surface area (Å²) in [5.74, 6) is -2.45. The van der Waals surface area contributed by atoms with Gasteiger partial charge in [-0.05, 0) is 32.0 Å². The van der Waals surface area contributed by atoms with Crippen LogP contribution in [0.15, 0.2) is 18.2 Å². The Hall–Kier alpha value is -1.69. The Bertz CT molecular complexity index is 495. The van der Waals surface area contributed by atoms with Crippen molar-refractivity contribution in [2.75, 3.05) is 7.05 Å². The molecule has 1 aromatic carbocycles. The third kappa shape index (κ3) is 2.68. The van der Waals surface area contributed by atoms with Crippen molar-refractivity contribution in [1.29, 1.82) is 0 Å². The van der Waals surface area contributed by atoms with Crippen LogP contribution < -0.4 is 10.1 Å². The van der Waals surface area contributed by atoms with E-state index in [4.69, 9.17) is 4.74 Å². The smallest absolute Gasteiger partial charge is 0.324 e. The Morgan fingerprint density at radius 2 is 2.26 bits per heavy atom. The van der Waals surface area contributed by atoms with Gasteiger partial charge in [0.05, 0.1) is 0 Å². The zero-order valence-corrected chi connectivity index (χ0v) is 10.5. The summed E-state index contributed by atoms with van der Waals surface area (Å²) in [6.07, 6.45) is 0.759. The van der Waals surface area contributed by atoms with Crippen molar-refractivity contribution < 1.29 is 23.4 Å². The van der Waals surface area contributed by atoms with E-state index in [-0.39, 0.29) is 12.2 Å². The summed E-state index contributed by atoms with van der Waals surface area (Å²) >= 11 is 0. The van der Waals surface area contributed by atoms with Gasteiger partial charge in [0.25, 0.3) is 0 Å². The molecule has 0 amide bonds. The fraction of sp³-hybridized carbons (Fsp3) is 0.462. The number of aliphatic carboxylic acids is 1. The highest BCUT2D eigenvalue weighted by Crippen LogP contribution is 2.33. The molecule has 1 fully saturated rings. The number of hydrogen-bond donors (Lipinski definition) is 2. The molecular formula is C13H15F2NO3. The van der Waals surface area contributed by atoms with Crippen molar-refractivity contribution in [3.05, 3.63) is 29.8 Å². The maximum absolute atomic E-state index is 13.4. The molecule has 2 N–H and O–H groups in total. The molecule has 1 aliphatic carbocycles. The highest BCUT2D eigenvalue weighted by atomic mass is 19.1. The average molecular weight is 271 g/mol.